The van der Waals surface area contributed by atoms with Gasteiger partial charge in [-0.3, -0.25) is 9.59 Å². The second-order valence-corrected chi connectivity index (χ2v) is 8.10. The maximum atomic E-state index is 13.5. The maximum absolute atomic E-state index is 13.5. The Bertz CT molecular complexity index is 1100. The van der Waals surface area contributed by atoms with E-state index in [1.54, 1.807) is 18.0 Å². The van der Waals surface area contributed by atoms with Gasteiger partial charge in [0.2, 0.25) is 5.91 Å². The van der Waals surface area contributed by atoms with Crippen LogP contribution in [-0.2, 0) is 9.53 Å². The molecular formula is C24H25N3O3. The zero-order valence-electron chi connectivity index (χ0n) is 16.9. The molecule has 2 aromatic carbocycles. The number of rotatable bonds is 4. The molecule has 3 atom stereocenters. The fraction of sp³-hybridized carbons (Fsp3) is 0.333. The smallest absolute Gasteiger partial charge is 0.254 e. The molecule has 0 unspecified atom stereocenters. The Morgan fingerprint density at radius 3 is 2.80 bits per heavy atom. The normalized spacial score (nSPS) is 23.6. The molecule has 2 aliphatic heterocycles. The number of hydrogen-bond acceptors (Lipinski definition) is 3. The summed E-state index contributed by atoms with van der Waals surface area (Å²) in [7, 11) is 1.78. The molecule has 2 aliphatic rings. The summed E-state index contributed by atoms with van der Waals surface area (Å²) in [6.45, 7) is 1.25. The number of benzene rings is 2. The van der Waals surface area contributed by atoms with Gasteiger partial charge in [-0.25, -0.2) is 0 Å². The van der Waals surface area contributed by atoms with E-state index in [0.29, 0.717) is 12.1 Å². The molecule has 2 N–H and O–H groups in total. The highest BCUT2D eigenvalue weighted by atomic mass is 16.5. The van der Waals surface area contributed by atoms with Gasteiger partial charge in [0, 0.05) is 48.4 Å². The van der Waals surface area contributed by atoms with Gasteiger partial charge in [-0.05, 0) is 30.5 Å². The predicted molar refractivity (Wildman–Crippen MR) is 114 cm³/mol. The lowest BCUT2D eigenvalue weighted by Crippen LogP contribution is -2.46. The highest BCUT2D eigenvalue weighted by Gasteiger charge is 2.43. The zero-order valence-corrected chi connectivity index (χ0v) is 16.9. The molecule has 0 radical (unpaired) electrons. The second-order valence-electron chi connectivity index (χ2n) is 8.10. The number of fused-ring (bicyclic) bond motifs is 2. The first-order valence-corrected chi connectivity index (χ1v) is 10.5. The molecule has 5 rings (SSSR count). The number of nitrogens with zero attached hydrogens (tertiary/aromatic N) is 1. The van der Waals surface area contributed by atoms with Gasteiger partial charge in [-0.1, -0.05) is 36.4 Å². The number of carbonyl (C=O) groups excluding carboxylic acids is 2. The SMILES string of the molecule is CN1C(=O)c2ccccc2[C@H](C(=O)NC[C@@H]2CCCO2)[C@H]1c1c[nH]c2ccccc12. The molecule has 6 nitrogen and oxygen atoms in total. The second kappa shape index (κ2) is 7.61. The minimum absolute atomic E-state index is 0.0657. The Morgan fingerprint density at radius 1 is 1.17 bits per heavy atom. The van der Waals surface area contributed by atoms with E-state index in [0.717, 1.165) is 41.5 Å². The van der Waals surface area contributed by atoms with Crippen LogP contribution in [0, 0.1) is 0 Å². The maximum Gasteiger partial charge on any atom is 0.254 e. The first-order valence-electron chi connectivity index (χ1n) is 10.5. The number of aromatic amines is 1. The van der Waals surface area contributed by atoms with Gasteiger partial charge in [-0.15, -0.1) is 0 Å². The number of para-hydroxylation sites is 1. The molecule has 0 bridgehead atoms. The van der Waals surface area contributed by atoms with E-state index in [1.165, 1.54) is 0 Å². The quantitative estimate of drug-likeness (QED) is 0.701. The Morgan fingerprint density at radius 2 is 1.97 bits per heavy atom. The fourth-order valence-electron chi connectivity index (χ4n) is 4.81. The van der Waals surface area contributed by atoms with Crippen molar-refractivity contribution in [3.8, 4) is 0 Å². The van der Waals surface area contributed by atoms with Crippen molar-refractivity contribution in [2.45, 2.75) is 30.9 Å². The molecule has 6 heteroatoms. The molecule has 154 valence electrons. The number of likely N-dealkylation sites (N-methyl/N-ethyl adjacent to an activating group) is 1. The summed E-state index contributed by atoms with van der Waals surface area (Å²) < 4.78 is 5.67. The van der Waals surface area contributed by atoms with Crippen LogP contribution in [0.1, 0.15) is 46.3 Å². The van der Waals surface area contributed by atoms with Gasteiger partial charge >= 0.3 is 0 Å². The minimum atomic E-state index is -0.496. The summed E-state index contributed by atoms with van der Waals surface area (Å²) in [5, 5.41) is 4.12. The summed E-state index contributed by atoms with van der Waals surface area (Å²) in [6, 6.07) is 15.0. The number of nitrogens with one attached hydrogen (secondary N) is 2. The fourth-order valence-corrected chi connectivity index (χ4v) is 4.81. The van der Waals surface area contributed by atoms with Crippen molar-refractivity contribution >= 4 is 22.7 Å². The van der Waals surface area contributed by atoms with Crippen LogP contribution in [-0.4, -0.2) is 48.0 Å². The van der Waals surface area contributed by atoms with Crippen molar-refractivity contribution in [1.29, 1.82) is 0 Å². The number of amides is 2. The Hall–Kier alpha value is -3.12. The summed E-state index contributed by atoms with van der Waals surface area (Å²) in [6.07, 6.45) is 3.99. The van der Waals surface area contributed by atoms with Crippen LogP contribution >= 0.6 is 0 Å². The van der Waals surface area contributed by atoms with Crippen LogP contribution in [0.25, 0.3) is 10.9 Å². The molecule has 3 aromatic rings. The average molecular weight is 403 g/mol. The third-order valence-electron chi connectivity index (χ3n) is 6.33. The molecular weight excluding hydrogens is 378 g/mol. The van der Waals surface area contributed by atoms with E-state index < -0.39 is 12.0 Å². The van der Waals surface area contributed by atoms with Crippen LogP contribution < -0.4 is 5.32 Å². The van der Waals surface area contributed by atoms with E-state index >= 15 is 0 Å². The number of hydrogen-bond donors (Lipinski definition) is 2. The largest absolute Gasteiger partial charge is 0.376 e. The monoisotopic (exact) mass is 403 g/mol. The van der Waals surface area contributed by atoms with Gasteiger partial charge in [0.05, 0.1) is 18.1 Å². The van der Waals surface area contributed by atoms with E-state index in [4.69, 9.17) is 4.74 Å². The van der Waals surface area contributed by atoms with Crippen LogP contribution in [0.5, 0.6) is 0 Å². The van der Waals surface area contributed by atoms with E-state index in [-0.39, 0.29) is 17.9 Å². The van der Waals surface area contributed by atoms with Gasteiger partial charge < -0.3 is 19.9 Å². The number of H-pyrrole nitrogens is 1. The van der Waals surface area contributed by atoms with Crippen molar-refractivity contribution in [3.63, 3.8) is 0 Å². The lowest BCUT2D eigenvalue weighted by Gasteiger charge is -2.39. The highest BCUT2D eigenvalue weighted by molar-refractivity contribution is 6.02. The van der Waals surface area contributed by atoms with Crippen molar-refractivity contribution in [3.05, 3.63) is 71.4 Å². The van der Waals surface area contributed by atoms with E-state index in [1.807, 2.05) is 48.7 Å². The third-order valence-corrected chi connectivity index (χ3v) is 6.33. The topological polar surface area (TPSA) is 74.4 Å². The van der Waals surface area contributed by atoms with Crippen molar-refractivity contribution in [2.75, 3.05) is 20.2 Å². The molecule has 1 saturated heterocycles. The van der Waals surface area contributed by atoms with Crippen LogP contribution in [0.4, 0.5) is 0 Å². The molecule has 0 aliphatic carbocycles. The van der Waals surface area contributed by atoms with Gasteiger partial charge in [0.1, 0.15) is 0 Å². The molecule has 0 spiro atoms. The van der Waals surface area contributed by atoms with Gasteiger partial charge in [-0.2, -0.15) is 0 Å². The molecule has 2 amide bonds. The summed E-state index contributed by atoms with van der Waals surface area (Å²) >= 11 is 0. The number of aromatic nitrogens is 1. The van der Waals surface area contributed by atoms with E-state index in [2.05, 4.69) is 10.3 Å². The van der Waals surface area contributed by atoms with E-state index in [9.17, 15) is 9.59 Å². The zero-order chi connectivity index (χ0) is 20.7. The average Bonchev–Trinajstić information content (AvgIpc) is 3.44. The van der Waals surface area contributed by atoms with Gasteiger partial charge in [0.25, 0.3) is 5.91 Å². The summed E-state index contributed by atoms with van der Waals surface area (Å²) in [5.74, 6) is -0.638. The van der Waals surface area contributed by atoms with Crippen LogP contribution in [0.15, 0.2) is 54.7 Å². The molecule has 30 heavy (non-hydrogen) atoms. The van der Waals surface area contributed by atoms with Gasteiger partial charge in [0.15, 0.2) is 0 Å². The molecule has 3 heterocycles. The molecule has 1 fully saturated rings. The van der Waals surface area contributed by atoms with Crippen molar-refractivity contribution < 1.29 is 14.3 Å². The third kappa shape index (κ3) is 3.08. The Kier molecular flexibility index (Phi) is 4.79. The highest BCUT2D eigenvalue weighted by Crippen LogP contribution is 2.44. The molecule has 0 saturated carbocycles. The number of carbonyl (C=O) groups is 2. The Labute approximate surface area is 175 Å². The lowest BCUT2D eigenvalue weighted by atomic mass is 9.79. The van der Waals surface area contributed by atoms with Crippen molar-refractivity contribution in [1.82, 2.24) is 15.2 Å². The van der Waals surface area contributed by atoms with Crippen LogP contribution in [0.2, 0.25) is 0 Å². The standard InChI is InChI=1S/C24H25N3O3/c1-27-22(19-14-25-20-11-5-4-8-16(19)20)21(17-9-2-3-10-18(17)24(27)29)23(28)26-13-15-7-6-12-30-15/h2-5,8-11,14-15,21-22,25H,6-7,12-13H2,1H3,(H,26,28)/t15-,21-,22+/m0/s1. The summed E-state index contributed by atoms with van der Waals surface area (Å²) in [5.41, 5.74) is 3.31. The first kappa shape index (κ1) is 18.9. The summed E-state index contributed by atoms with van der Waals surface area (Å²) in [4.78, 5) is 31.6. The first-order chi connectivity index (χ1) is 14.6. The predicted octanol–water partition coefficient (Wildman–Crippen LogP) is 3.37. The van der Waals surface area contributed by atoms with Crippen molar-refractivity contribution in [2.24, 2.45) is 0 Å². The number of ether oxygens (including phenoxy) is 1. The lowest BCUT2D eigenvalue weighted by molar-refractivity contribution is -0.124. The van der Waals surface area contributed by atoms with Crippen LogP contribution in [0.3, 0.4) is 0 Å². The Balaban J connectivity index is 1.57. The minimum Gasteiger partial charge on any atom is -0.376 e. The molecule has 1 aromatic heterocycles.